The largest absolute Gasteiger partial charge is 0.324 e. The van der Waals surface area contributed by atoms with Crippen molar-refractivity contribution in [1.29, 1.82) is 0 Å². The van der Waals surface area contributed by atoms with E-state index in [0.717, 1.165) is 29.6 Å². The van der Waals surface area contributed by atoms with E-state index < -0.39 is 0 Å². The van der Waals surface area contributed by atoms with E-state index >= 15 is 0 Å². The van der Waals surface area contributed by atoms with Gasteiger partial charge in [-0.25, -0.2) is 0 Å². The van der Waals surface area contributed by atoms with Crippen molar-refractivity contribution in [3.05, 3.63) is 18.2 Å². The molecular formula is C13H15N3OS. The van der Waals surface area contributed by atoms with Gasteiger partial charge in [0.05, 0.1) is 17.4 Å². The molecule has 1 aromatic heterocycles. The summed E-state index contributed by atoms with van der Waals surface area (Å²) >= 11 is 1.18. The highest BCUT2D eigenvalue weighted by Crippen LogP contribution is 2.26. The molecule has 1 amide bonds. The van der Waals surface area contributed by atoms with E-state index in [4.69, 9.17) is 0 Å². The summed E-state index contributed by atoms with van der Waals surface area (Å²) in [7, 11) is 0. The number of fused-ring (bicyclic) bond motifs is 1. The maximum atomic E-state index is 12.2. The van der Waals surface area contributed by atoms with Gasteiger partial charge in [0, 0.05) is 5.92 Å². The minimum absolute atomic E-state index is 0.134. The minimum atomic E-state index is 0.134. The van der Waals surface area contributed by atoms with Gasteiger partial charge < -0.3 is 5.32 Å². The molecule has 0 atom stereocenters. The second-order valence-electron chi connectivity index (χ2n) is 4.76. The van der Waals surface area contributed by atoms with Crippen LogP contribution in [-0.2, 0) is 4.79 Å². The molecule has 0 radical (unpaired) electrons. The van der Waals surface area contributed by atoms with E-state index in [2.05, 4.69) is 14.1 Å². The van der Waals surface area contributed by atoms with Crippen LogP contribution in [0.15, 0.2) is 18.2 Å². The van der Waals surface area contributed by atoms with Crippen LogP contribution in [0.25, 0.3) is 11.0 Å². The van der Waals surface area contributed by atoms with Gasteiger partial charge >= 0.3 is 0 Å². The van der Waals surface area contributed by atoms with E-state index in [1.165, 1.54) is 31.0 Å². The molecule has 94 valence electrons. The predicted octanol–water partition coefficient (Wildman–Crippen LogP) is 3.21. The van der Waals surface area contributed by atoms with Crippen LogP contribution in [0.1, 0.15) is 32.1 Å². The Hall–Kier alpha value is -1.49. The number of carbonyl (C=O) groups excluding carboxylic acids is 1. The SMILES string of the molecule is O=C(Nc1cccc2nsnc12)C1CCCCC1. The number of amides is 1. The third kappa shape index (κ3) is 2.22. The van der Waals surface area contributed by atoms with Gasteiger partial charge in [0.2, 0.25) is 5.91 Å². The maximum absolute atomic E-state index is 12.2. The number of aromatic nitrogens is 2. The highest BCUT2D eigenvalue weighted by atomic mass is 32.1. The van der Waals surface area contributed by atoms with Gasteiger partial charge in [-0.15, -0.1) is 0 Å². The number of hydrogen-bond acceptors (Lipinski definition) is 4. The van der Waals surface area contributed by atoms with Crippen LogP contribution in [0, 0.1) is 5.92 Å². The number of carbonyl (C=O) groups is 1. The highest BCUT2D eigenvalue weighted by Gasteiger charge is 2.21. The topological polar surface area (TPSA) is 54.9 Å². The standard InChI is InChI=1S/C13H15N3OS/c17-13(9-5-2-1-3-6-9)14-10-7-4-8-11-12(10)16-18-15-11/h4,7-9H,1-3,5-6H2,(H,14,17). The van der Waals surface area contributed by atoms with Crippen molar-refractivity contribution >= 4 is 34.4 Å². The Bertz CT molecular complexity index is 560. The van der Waals surface area contributed by atoms with Crippen LogP contribution in [0.5, 0.6) is 0 Å². The molecule has 0 unspecified atom stereocenters. The first-order valence-electron chi connectivity index (χ1n) is 6.37. The number of anilines is 1. The molecule has 5 heteroatoms. The van der Waals surface area contributed by atoms with Crippen molar-refractivity contribution in [2.24, 2.45) is 5.92 Å². The Kier molecular flexibility index (Phi) is 3.23. The Morgan fingerprint density at radius 3 is 2.89 bits per heavy atom. The van der Waals surface area contributed by atoms with Crippen molar-refractivity contribution in [1.82, 2.24) is 8.75 Å². The molecule has 18 heavy (non-hydrogen) atoms. The fraction of sp³-hybridized carbons (Fsp3) is 0.462. The van der Waals surface area contributed by atoms with E-state index in [-0.39, 0.29) is 11.8 Å². The Morgan fingerprint density at radius 2 is 2.06 bits per heavy atom. The van der Waals surface area contributed by atoms with Crippen LogP contribution < -0.4 is 5.32 Å². The number of rotatable bonds is 2. The lowest BCUT2D eigenvalue weighted by atomic mass is 9.88. The molecular weight excluding hydrogens is 246 g/mol. The van der Waals surface area contributed by atoms with E-state index in [1.807, 2.05) is 18.2 Å². The van der Waals surface area contributed by atoms with E-state index in [9.17, 15) is 4.79 Å². The van der Waals surface area contributed by atoms with Crippen molar-refractivity contribution in [2.75, 3.05) is 5.32 Å². The smallest absolute Gasteiger partial charge is 0.227 e. The van der Waals surface area contributed by atoms with Crippen LogP contribution >= 0.6 is 11.7 Å². The molecule has 1 saturated carbocycles. The highest BCUT2D eigenvalue weighted by molar-refractivity contribution is 7.00. The van der Waals surface area contributed by atoms with Gasteiger partial charge in [-0.1, -0.05) is 25.3 Å². The van der Waals surface area contributed by atoms with Gasteiger partial charge in [-0.3, -0.25) is 4.79 Å². The molecule has 0 saturated heterocycles. The Balaban J connectivity index is 1.79. The molecule has 0 spiro atoms. The van der Waals surface area contributed by atoms with Gasteiger partial charge in [-0.2, -0.15) is 8.75 Å². The molecule has 0 aliphatic heterocycles. The van der Waals surface area contributed by atoms with Crippen molar-refractivity contribution in [3.63, 3.8) is 0 Å². The van der Waals surface area contributed by atoms with Crippen molar-refractivity contribution in [3.8, 4) is 0 Å². The lowest BCUT2D eigenvalue weighted by molar-refractivity contribution is -0.120. The molecule has 1 fully saturated rings. The Morgan fingerprint density at radius 1 is 1.22 bits per heavy atom. The van der Waals surface area contributed by atoms with Gasteiger partial charge in [0.25, 0.3) is 0 Å². The number of nitrogens with one attached hydrogen (secondary N) is 1. The molecule has 1 aliphatic carbocycles. The maximum Gasteiger partial charge on any atom is 0.227 e. The van der Waals surface area contributed by atoms with Gasteiger partial charge in [0.15, 0.2) is 0 Å². The normalized spacial score (nSPS) is 16.9. The first kappa shape index (κ1) is 11.6. The summed E-state index contributed by atoms with van der Waals surface area (Å²) in [4.78, 5) is 12.2. The second-order valence-corrected chi connectivity index (χ2v) is 5.29. The number of nitrogens with zero attached hydrogens (tertiary/aromatic N) is 2. The zero-order valence-corrected chi connectivity index (χ0v) is 10.9. The average molecular weight is 261 g/mol. The Labute approximate surface area is 110 Å². The molecule has 3 rings (SSSR count). The van der Waals surface area contributed by atoms with E-state index in [0.29, 0.717) is 0 Å². The quantitative estimate of drug-likeness (QED) is 0.903. The summed E-state index contributed by atoms with van der Waals surface area (Å²) in [6.07, 6.45) is 5.62. The van der Waals surface area contributed by atoms with Gasteiger partial charge in [0.1, 0.15) is 11.0 Å². The summed E-state index contributed by atoms with van der Waals surface area (Å²) in [6.45, 7) is 0. The summed E-state index contributed by atoms with van der Waals surface area (Å²) in [5.74, 6) is 0.302. The van der Waals surface area contributed by atoms with Crippen LogP contribution in [0.3, 0.4) is 0 Å². The molecule has 4 nitrogen and oxygen atoms in total. The van der Waals surface area contributed by atoms with E-state index in [1.54, 1.807) is 0 Å². The summed E-state index contributed by atoms with van der Waals surface area (Å²) in [6, 6.07) is 5.71. The number of hydrogen-bond donors (Lipinski definition) is 1. The third-order valence-corrected chi connectivity index (χ3v) is 4.06. The molecule has 1 heterocycles. The van der Waals surface area contributed by atoms with Crippen LogP contribution in [0.4, 0.5) is 5.69 Å². The molecule has 1 aliphatic rings. The minimum Gasteiger partial charge on any atom is -0.324 e. The fourth-order valence-electron chi connectivity index (χ4n) is 2.51. The molecule has 1 aromatic carbocycles. The fourth-order valence-corrected chi connectivity index (χ4v) is 3.06. The first-order valence-corrected chi connectivity index (χ1v) is 7.10. The summed E-state index contributed by atoms with van der Waals surface area (Å²) in [5, 5.41) is 3.01. The number of benzene rings is 1. The van der Waals surface area contributed by atoms with Crippen molar-refractivity contribution in [2.45, 2.75) is 32.1 Å². The predicted molar refractivity (Wildman–Crippen MR) is 72.6 cm³/mol. The zero-order chi connectivity index (χ0) is 12.4. The van der Waals surface area contributed by atoms with Gasteiger partial charge in [-0.05, 0) is 25.0 Å². The first-order chi connectivity index (χ1) is 8.84. The lowest BCUT2D eigenvalue weighted by Crippen LogP contribution is -2.24. The molecule has 0 bridgehead atoms. The summed E-state index contributed by atoms with van der Waals surface area (Å²) in [5.41, 5.74) is 2.44. The molecule has 1 N–H and O–H groups in total. The van der Waals surface area contributed by atoms with Crippen LogP contribution in [-0.4, -0.2) is 14.7 Å². The average Bonchev–Trinajstić information content (AvgIpc) is 2.89. The monoisotopic (exact) mass is 261 g/mol. The zero-order valence-electron chi connectivity index (χ0n) is 10.1. The second kappa shape index (κ2) is 5.02. The molecule has 2 aromatic rings. The van der Waals surface area contributed by atoms with Crippen molar-refractivity contribution < 1.29 is 4.79 Å². The third-order valence-electron chi connectivity index (χ3n) is 3.52. The lowest BCUT2D eigenvalue weighted by Gasteiger charge is -2.20. The van der Waals surface area contributed by atoms with Crippen LogP contribution in [0.2, 0.25) is 0 Å². The summed E-state index contributed by atoms with van der Waals surface area (Å²) < 4.78 is 8.41.